The molecular weight excluding hydrogens is 318 g/mol. The lowest BCUT2D eigenvalue weighted by atomic mass is 10.1. The van der Waals surface area contributed by atoms with Crippen LogP contribution in [0.25, 0.3) is 6.08 Å². The van der Waals surface area contributed by atoms with Gasteiger partial charge in [-0.25, -0.2) is 5.01 Å². The Morgan fingerprint density at radius 2 is 1.84 bits per heavy atom. The molecule has 25 heavy (non-hydrogen) atoms. The molecule has 3 rings (SSSR count). The number of likely N-dealkylation sites (N-methyl/N-ethyl adjacent to an activating group) is 1. The van der Waals surface area contributed by atoms with E-state index in [0.717, 1.165) is 23.7 Å². The first-order chi connectivity index (χ1) is 12.2. The van der Waals surface area contributed by atoms with Crippen LogP contribution in [0.1, 0.15) is 24.8 Å². The van der Waals surface area contributed by atoms with Crippen molar-refractivity contribution in [2.45, 2.75) is 19.3 Å². The Balaban J connectivity index is 1.68. The van der Waals surface area contributed by atoms with Crippen LogP contribution in [-0.4, -0.2) is 43.4 Å². The number of carbonyl (C=O) groups excluding carboxylic acids is 2. The van der Waals surface area contributed by atoms with Gasteiger partial charge >= 0.3 is 0 Å². The van der Waals surface area contributed by atoms with Crippen LogP contribution >= 0.6 is 0 Å². The predicted octanol–water partition coefficient (Wildman–Crippen LogP) is 2.58. The summed E-state index contributed by atoms with van der Waals surface area (Å²) in [5.74, 6) is -0.283. The minimum atomic E-state index is -0.304. The molecule has 0 radical (unpaired) electrons. The van der Waals surface area contributed by atoms with Crippen molar-refractivity contribution >= 4 is 30.0 Å². The van der Waals surface area contributed by atoms with E-state index in [4.69, 9.17) is 4.74 Å². The lowest BCUT2D eigenvalue weighted by Crippen LogP contribution is -2.29. The number of ether oxygens (including phenoxy) is 1. The van der Waals surface area contributed by atoms with E-state index >= 15 is 0 Å². The maximum atomic E-state index is 12.0. The highest BCUT2D eigenvalue weighted by atomic mass is 16.5. The lowest BCUT2D eigenvalue weighted by Gasteiger charge is -2.28. The molecule has 0 atom stereocenters. The lowest BCUT2D eigenvalue weighted by molar-refractivity contribution is -0.124. The van der Waals surface area contributed by atoms with Crippen molar-refractivity contribution in [1.82, 2.24) is 5.01 Å². The van der Waals surface area contributed by atoms with E-state index in [1.807, 2.05) is 6.08 Å². The van der Waals surface area contributed by atoms with E-state index in [1.54, 1.807) is 12.2 Å². The van der Waals surface area contributed by atoms with Gasteiger partial charge in [0.15, 0.2) is 0 Å². The molecule has 0 spiro atoms. The van der Waals surface area contributed by atoms with E-state index in [-0.39, 0.29) is 23.9 Å². The summed E-state index contributed by atoms with van der Waals surface area (Å²) >= 11 is 0. The first-order valence-corrected chi connectivity index (χ1v) is 8.40. The Labute approximate surface area is 147 Å². The van der Waals surface area contributed by atoms with E-state index in [2.05, 4.69) is 34.3 Å². The zero-order chi connectivity index (χ0) is 17.6. The molecule has 1 amide bonds. The number of hydrogen-bond donors (Lipinski definition) is 0. The maximum absolute atomic E-state index is 12.0. The Bertz CT molecular complexity index is 729. The van der Waals surface area contributed by atoms with Crippen LogP contribution in [-0.2, 0) is 14.3 Å². The van der Waals surface area contributed by atoms with Gasteiger partial charge in [0.05, 0.1) is 0 Å². The Morgan fingerprint density at radius 3 is 2.52 bits per heavy atom. The first kappa shape index (κ1) is 17.0. The largest absolute Gasteiger partial charge is 0.407 e. The summed E-state index contributed by atoms with van der Waals surface area (Å²) in [5.41, 5.74) is 2.54. The average Bonchev–Trinajstić information content (AvgIpc) is 2.91. The smallest absolute Gasteiger partial charge is 0.299 e. The van der Waals surface area contributed by atoms with Crippen LogP contribution in [0.3, 0.4) is 0 Å². The third-order valence-electron chi connectivity index (χ3n) is 4.32. The van der Waals surface area contributed by atoms with Gasteiger partial charge in [0, 0.05) is 25.8 Å². The summed E-state index contributed by atoms with van der Waals surface area (Å²) in [7, 11) is 1.51. The molecule has 0 bridgehead atoms. The van der Waals surface area contributed by atoms with Gasteiger partial charge < -0.3 is 9.64 Å². The highest BCUT2D eigenvalue weighted by molar-refractivity contribution is 6.22. The minimum Gasteiger partial charge on any atom is -0.407 e. The summed E-state index contributed by atoms with van der Waals surface area (Å²) in [6.07, 6.45) is 9.09. The molecule has 2 aliphatic heterocycles. The molecule has 0 saturated carbocycles. The van der Waals surface area contributed by atoms with Gasteiger partial charge in [0.2, 0.25) is 0 Å². The number of amides is 1. The highest BCUT2D eigenvalue weighted by Gasteiger charge is 2.28. The Kier molecular flexibility index (Phi) is 5.28. The maximum Gasteiger partial charge on any atom is 0.299 e. The molecule has 1 aromatic carbocycles. The summed E-state index contributed by atoms with van der Waals surface area (Å²) < 4.78 is 4.74. The molecule has 1 aromatic rings. The van der Waals surface area contributed by atoms with E-state index in [0.29, 0.717) is 0 Å². The zero-order valence-corrected chi connectivity index (χ0v) is 14.2. The van der Waals surface area contributed by atoms with Crippen LogP contribution in [0.2, 0.25) is 0 Å². The van der Waals surface area contributed by atoms with Crippen molar-refractivity contribution in [1.29, 1.82) is 0 Å². The van der Waals surface area contributed by atoms with Gasteiger partial charge in [0.25, 0.3) is 18.3 Å². The first-order valence-electron chi connectivity index (χ1n) is 8.40. The number of carbonyl (C=O) groups is 2. The molecule has 6 heteroatoms. The summed E-state index contributed by atoms with van der Waals surface area (Å²) in [4.78, 5) is 24.9. The van der Waals surface area contributed by atoms with Crippen molar-refractivity contribution in [3.8, 4) is 0 Å². The topological polar surface area (TPSA) is 62.2 Å². The number of piperidine rings is 1. The van der Waals surface area contributed by atoms with Crippen molar-refractivity contribution in [3.63, 3.8) is 0 Å². The zero-order valence-electron chi connectivity index (χ0n) is 14.2. The Morgan fingerprint density at radius 1 is 1.12 bits per heavy atom. The standard InChI is InChI=1S/C19H21N3O3/c1-21-19(24)17(18(20-21)25-14-23)7-5-6-15-8-10-16(11-9-15)22-12-3-2-4-13-22/h5-11,14H,2-4,12-13H2,1H3/b6-5+,17-7-. The molecule has 130 valence electrons. The average molecular weight is 339 g/mol. The summed E-state index contributed by atoms with van der Waals surface area (Å²) in [6, 6.07) is 8.35. The normalized spacial score (nSPS) is 19.6. The molecule has 0 aromatic heterocycles. The fourth-order valence-corrected chi connectivity index (χ4v) is 2.98. The molecule has 0 aliphatic carbocycles. The number of hydrazone groups is 1. The predicted molar refractivity (Wildman–Crippen MR) is 97.0 cm³/mol. The molecule has 0 N–H and O–H groups in total. The van der Waals surface area contributed by atoms with Crippen molar-refractivity contribution in [2.24, 2.45) is 5.10 Å². The third kappa shape index (κ3) is 3.96. The number of anilines is 1. The third-order valence-corrected chi connectivity index (χ3v) is 4.32. The van der Waals surface area contributed by atoms with Crippen molar-refractivity contribution in [2.75, 3.05) is 25.0 Å². The SMILES string of the molecule is CN1N=C(OC=O)/C(=C/C=C/c2ccc(N3CCCCC3)cc2)C1=O. The minimum absolute atomic E-state index is 0.0209. The molecule has 1 saturated heterocycles. The second-order valence-electron chi connectivity index (χ2n) is 6.03. The van der Waals surface area contributed by atoms with Crippen LogP contribution in [0.15, 0.2) is 47.1 Å². The van der Waals surface area contributed by atoms with E-state index < -0.39 is 0 Å². The molecule has 1 fully saturated rings. The van der Waals surface area contributed by atoms with Gasteiger partial charge in [-0.3, -0.25) is 9.59 Å². The number of nitrogens with zero attached hydrogens (tertiary/aromatic N) is 3. The Hall–Kier alpha value is -2.89. The van der Waals surface area contributed by atoms with E-state index in [1.165, 1.54) is 32.0 Å². The molecule has 0 unspecified atom stereocenters. The second-order valence-corrected chi connectivity index (χ2v) is 6.03. The van der Waals surface area contributed by atoms with Gasteiger partial charge in [-0.05, 0) is 43.0 Å². The van der Waals surface area contributed by atoms with Gasteiger partial charge in [0.1, 0.15) is 5.57 Å². The number of hydrogen-bond acceptors (Lipinski definition) is 5. The van der Waals surface area contributed by atoms with Crippen molar-refractivity contribution in [3.05, 3.63) is 47.6 Å². The van der Waals surface area contributed by atoms with Gasteiger partial charge in [-0.2, -0.15) is 0 Å². The van der Waals surface area contributed by atoms with Crippen LogP contribution in [0.5, 0.6) is 0 Å². The van der Waals surface area contributed by atoms with E-state index in [9.17, 15) is 9.59 Å². The molecule has 2 heterocycles. The van der Waals surface area contributed by atoms with Gasteiger partial charge in [-0.1, -0.05) is 24.3 Å². The van der Waals surface area contributed by atoms with Crippen LogP contribution < -0.4 is 4.90 Å². The molecule has 2 aliphatic rings. The summed E-state index contributed by atoms with van der Waals surface area (Å²) in [6.45, 7) is 2.51. The quantitative estimate of drug-likeness (QED) is 0.625. The molecule has 6 nitrogen and oxygen atoms in total. The van der Waals surface area contributed by atoms with Crippen LogP contribution in [0, 0.1) is 0 Å². The highest BCUT2D eigenvalue weighted by Crippen LogP contribution is 2.21. The number of benzene rings is 1. The number of allylic oxidation sites excluding steroid dienone is 2. The van der Waals surface area contributed by atoms with Crippen molar-refractivity contribution < 1.29 is 14.3 Å². The molecular formula is C19H21N3O3. The van der Waals surface area contributed by atoms with Crippen LogP contribution in [0.4, 0.5) is 5.69 Å². The fourth-order valence-electron chi connectivity index (χ4n) is 2.98. The second kappa shape index (κ2) is 7.79. The number of rotatable bonds is 4. The summed E-state index contributed by atoms with van der Waals surface area (Å²) in [5, 5.41) is 5.01. The fraction of sp³-hybridized carbons (Fsp3) is 0.316. The van der Waals surface area contributed by atoms with Gasteiger partial charge in [-0.15, -0.1) is 5.10 Å². The monoisotopic (exact) mass is 339 g/mol.